The van der Waals surface area contributed by atoms with Gasteiger partial charge in [0.15, 0.2) is 0 Å². The van der Waals surface area contributed by atoms with Crippen LogP contribution in [0.2, 0.25) is 5.02 Å². The van der Waals surface area contributed by atoms with Crippen LogP contribution in [0.1, 0.15) is 43.0 Å². The predicted octanol–water partition coefficient (Wildman–Crippen LogP) is 2.63. The van der Waals surface area contributed by atoms with E-state index in [0.29, 0.717) is 16.0 Å². The Morgan fingerprint density at radius 3 is 2.83 bits per heavy atom. The first-order chi connectivity index (χ1) is 8.56. The number of nitrogens with one attached hydrogen (secondary N) is 1. The van der Waals surface area contributed by atoms with Crippen molar-refractivity contribution >= 4 is 23.3 Å². The number of halogens is 1. The normalized spacial score (nSPS) is 17.0. The summed E-state index contributed by atoms with van der Waals surface area (Å²) in [5, 5.41) is 3.28. The van der Waals surface area contributed by atoms with Gasteiger partial charge in [0.05, 0.1) is 10.6 Å². The fraction of sp³-hybridized carbons (Fsp3) is 0.538. The number of carbonyl (C=O) groups excluding carboxylic acids is 1. The average Bonchev–Trinajstić information content (AvgIpc) is 2.31. The summed E-state index contributed by atoms with van der Waals surface area (Å²) >= 11 is 5.85. The molecule has 18 heavy (non-hydrogen) atoms. The summed E-state index contributed by atoms with van der Waals surface area (Å²) < 4.78 is 0. The van der Waals surface area contributed by atoms with E-state index in [0.717, 1.165) is 13.0 Å². The van der Waals surface area contributed by atoms with Crippen molar-refractivity contribution in [1.82, 2.24) is 10.3 Å². The van der Waals surface area contributed by atoms with E-state index in [1.165, 1.54) is 25.5 Å². The van der Waals surface area contributed by atoms with Gasteiger partial charge in [0.2, 0.25) is 0 Å². The van der Waals surface area contributed by atoms with Gasteiger partial charge < -0.3 is 11.1 Å². The number of amides is 1. The first kappa shape index (κ1) is 13.1. The fourth-order valence-electron chi connectivity index (χ4n) is 2.27. The Kier molecular flexibility index (Phi) is 3.76. The minimum atomic E-state index is -0.135. The third kappa shape index (κ3) is 2.58. The quantitative estimate of drug-likeness (QED) is 0.881. The summed E-state index contributed by atoms with van der Waals surface area (Å²) in [6.45, 7) is 2.90. The van der Waals surface area contributed by atoms with Crippen molar-refractivity contribution in [2.45, 2.75) is 32.6 Å². The van der Waals surface area contributed by atoms with Crippen molar-refractivity contribution in [1.29, 1.82) is 0 Å². The molecule has 0 atom stereocenters. The van der Waals surface area contributed by atoms with Crippen molar-refractivity contribution in [2.75, 3.05) is 12.3 Å². The molecule has 98 valence electrons. The Labute approximate surface area is 112 Å². The molecule has 4 nitrogen and oxygen atoms in total. The lowest BCUT2D eigenvalue weighted by Gasteiger charge is -2.41. The lowest BCUT2D eigenvalue weighted by atomic mass is 9.67. The molecule has 1 heterocycles. The number of hydrogen-bond acceptors (Lipinski definition) is 3. The van der Waals surface area contributed by atoms with E-state index in [1.807, 2.05) is 0 Å². The highest BCUT2D eigenvalue weighted by Crippen LogP contribution is 2.43. The molecule has 1 aliphatic rings. The Hall–Kier alpha value is -1.29. The molecule has 5 heteroatoms. The van der Waals surface area contributed by atoms with E-state index in [9.17, 15) is 4.79 Å². The number of carbonyl (C=O) groups is 1. The molecule has 3 N–H and O–H groups in total. The molecule has 2 rings (SSSR count). The van der Waals surface area contributed by atoms with Gasteiger partial charge in [0.1, 0.15) is 5.82 Å². The molecule has 1 saturated carbocycles. The Morgan fingerprint density at radius 1 is 1.61 bits per heavy atom. The maximum Gasteiger partial charge on any atom is 0.252 e. The summed E-state index contributed by atoms with van der Waals surface area (Å²) in [7, 11) is 0. The SMILES string of the molecule is CCC1(CNC(=O)c2cnc(N)c(Cl)c2)CCC1. The highest BCUT2D eigenvalue weighted by molar-refractivity contribution is 6.33. The molecule has 0 unspecified atom stereocenters. The summed E-state index contributed by atoms with van der Waals surface area (Å²) in [6.07, 6.45) is 6.22. The molecule has 0 saturated heterocycles. The summed E-state index contributed by atoms with van der Waals surface area (Å²) in [5.74, 6) is 0.112. The van der Waals surface area contributed by atoms with Gasteiger partial charge in [-0.05, 0) is 30.7 Å². The number of rotatable bonds is 4. The molecule has 1 aromatic heterocycles. The Morgan fingerprint density at radius 2 is 2.33 bits per heavy atom. The van der Waals surface area contributed by atoms with E-state index in [1.54, 1.807) is 6.07 Å². The number of nitrogen functional groups attached to an aromatic ring is 1. The summed E-state index contributed by atoms with van der Waals surface area (Å²) in [5.41, 5.74) is 6.27. The first-order valence-electron chi connectivity index (χ1n) is 6.25. The number of aromatic nitrogens is 1. The highest BCUT2D eigenvalue weighted by Gasteiger charge is 2.35. The van der Waals surface area contributed by atoms with Crippen molar-refractivity contribution in [2.24, 2.45) is 5.41 Å². The summed E-state index contributed by atoms with van der Waals surface area (Å²) in [6, 6.07) is 1.55. The van der Waals surface area contributed by atoms with Crippen LogP contribution >= 0.6 is 11.6 Å². The van der Waals surface area contributed by atoms with Gasteiger partial charge in [-0.15, -0.1) is 0 Å². The number of pyridine rings is 1. The zero-order valence-corrected chi connectivity index (χ0v) is 11.3. The van der Waals surface area contributed by atoms with Crippen molar-refractivity contribution in [3.05, 3.63) is 22.8 Å². The molecular weight excluding hydrogens is 250 g/mol. The van der Waals surface area contributed by atoms with Crippen LogP contribution in [-0.4, -0.2) is 17.4 Å². The van der Waals surface area contributed by atoms with Crippen LogP contribution in [0.3, 0.4) is 0 Å². The number of nitrogens with two attached hydrogens (primary N) is 1. The summed E-state index contributed by atoms with van der Waals surface area (Å²) in [4.78, 5) is 15.8. The number of anilines is 1. The van der Waals surface area contributed by atoms with Crippen molar-refractivity contribution in [3.63, 3.8) is 0 Å². The molecule has 1 aromatic rings. The molecular formula is C13H18ClN3O. The van der Waals surface area contributed by atoms with Gasteiger partial charge in [0, 0.05) is 12.7 Å². The number of hydrogen-bond donors (Lipinski definition) is 2. The molecule has 0 bridgehead atoms. The molecule has 0 radical (unpaired) electrons. The second kappa shape index (κ2) is 5.14. The maximum atomic E-state index is 12.0. The largest absolute Gasteiger partial charge is 0.382 e. The zero-order valence-electron chi connectivity index (χ0n) is 10.5. The van der Waals surface area contributed by atoms with Crippen molar-refractivity contribution in [3.8, 4) is 0 Å². The van der Waals surface area contributed by atoms with E-state index < -0.39 is 0 Å². The van der Waals surface area contributed by atoms with Gasteiger partial charge in [-0.2, -0.15) is 0 Å². The standard InChI is InChI=1S/C13H18ClN3O/c1-2-13(4-3-5-13)8-17-12(18)9-6-10(14)11(15)16-7-9/h6-7H,2-5,8H2,1H3,(H2,15,16)(H,17,18). The lowest BCUT2D eigenvalue weighted by Crippen LogP contribution is -2.41. The second-order valence-corrected chi connectivity index (χ2v) is 5.39. The van der Waals surface area contributed by atoms with Crippen molar-refractivity contribution < 1.29 is 4.79 Å². The number of nitrogens with zero attached hydrogens (tertiary/aromatic N) is 1. The minimum Gasteiger partial charge on any atom is -0.382 e. The third-order valence-electron chi connectivity index (χ3n) is 3.92. The molecule has 0 spiro atoms. The van der Waals surface area contributed by atoms with E-state index in [4.69, 9.17) is 17.3 Å². The fourth-order valence-corrected chi connectivity index (χ4v) is 2.44. The van der Waals surface area contributed by atoms with Crippen LogP contribution in [-0.2, 0) is 0 Å². The van der Waals surface area contributed by atoms with Gasteiger partial charge in [0.25, 0.3) is 5.91 Å². The van der Waals surface area contributed by atoms with E-state index in [-0.39, 0.29) is 11.7 Å². The van der Waals surface area contributed by atoms with Gasteiger partial charge in [-0.3, -0.25) is 4.79 Å². The van der Waals surface area contributed by atoms with Crippen LogP contribution in [0.15, 0.2) is 12.3 Å². The third-order valence-corrected chi connectivity index (χ3v) is 4.22. The topological polar surface area (TPSA) is 68.0 Å². The van der Waals surface area contributed by atoms with E-state index >= 15 is 0 Å². The predicted molar refractivity (Wildman–Crippen MR) is 72.6 cm³/mol. The maximum absolute atomic E-state index is 12.0. The monoisotopic (exact) mass is 267 g/mol. The lowest BCUT2D eigenvalue weighted by molar-refractivity contribution is 0.0850. The van der Waals surface area contributed by atoms with Crippen LogP contribution in [0, 0.1) is 5.41 Å². The molecule has 1 fully saturated rings. The Balaban J connectivity index is 1.97. The molecule has 0 aromatic carbocycles. The minimum absolute atomic E-state index is 0.135. The van der Waals surface area contributed by atoms with Crippen LogP contribution < -0.4 is 11.1 Å². The van der Waals surface area contributed by atoms with Crippen LogP contribution in [0.5, 0.6) is 0 Å². The Bertz CT molecular complexity index is 452. The second-order valence-electron chi connectivity index (χ2n) is 4.98. The van der Waals surface area contributed by atoms with E-state index in [2.05, 4.69) is 17.2 Å². The average molecular weight is 268 g/mol. The van der Waals surface area contributed by atoms with Gasteiger partial charge in [-0.25, -0.2) is 4.98 Å². The molecule has 1 aliphatic carbocycles. The zero-order chi connectivity index (χ0) is 13.2. The molecule has 1 amide bonds. The first-order valence-corrected chi connectivity index (χ1v) is 6.63. The smallest absolute Gasteiger partial charge is 0.252 e. The highest BCUT2D eigenvalue weighted by atomic mass is 35.5. The van der Waals surface area contributed by atoms with Crippen LogP contribution in [0.4, 0.5) is 5.82 Å². The molecule has 0 aliphatic heterocycles. The van der Waals surface area contributed by atoms with Gasteiger partial charge in [-0.1, -0.05) is 24.9 Å². The van der Waals surface area contributed by atoms with Gasteiger partial charge >= 0.3 is 0 Å². The van der Waals surface area contributed by atoms with Crippen LogP contribution in [0.25, 0.3) is 0 Å².